The van der Waals surface area contributed by atoms with Crippen LogP contribution in [0.15, 0.2) is 91.1 Å². The van der Waals surface area contributed by atoms with Crippen molar-refractivity contribution in [2.75, 3.05) is 5.32 Å². The summed E-state index contributed by atoms with van der Waals surface area (Å²) in [5.41, 5.74) is 5.00. The second kappa shape index (κ2) is 7.83. The maximum Gasteiger partial charge on any atom is 0.228 e. The Balaban J connectivity index is 1.53. The molecule has 3 heteroatoms. The Kier molecular flexibility index (Phi) is 4.93. The number of benzene rings is 3. The normalized spacial score (nSPS) is 10.7. The number of pyridine rings is 1. The Morgan fingerprint density at radius 3 is 2.41 bits per heavy atom. The molecule has 27 heavy (non-hydrogen) atoms. The molecule has 0 spiro atoms. The number of nitrogens with zero attached hydrogens (tertiary/aromatic N) is 1. The van der Waals surface area contributed by atoms with E-state index >= 15 is 0 Å². The summed E-state index contributed by atoms with van der Waals surface area (Å²) in [4.78, 5) is 17.1. The summed E-state index contributed by atoms with van der Waals surface area (Å²) >= 11 is 0. The van der Waals surface area contributed by atoms with Crippen molar-refractivity contribution in [2.45, 2.75) is 12.8 Å². The number of para-hydroxylation sites is 2. The quantitative estimate of drug-likeness (QED) is 0.549. The minimum absolute atomic E-state index is 0.0336. The van der Waals surface area contributed by atoms with Crippen LogP contribution in [-0.2, 0) is 17.6 Å². The summed E-state index contributed by atoms with van der Waals surface area (Å²) in [5, 5.41) is 4.13. The first kappa shape index (κ1) is 17.0. The van der Waals surface area contributed by atoms with Crippen molar-refractivity contribution in [3.8, 4) is 0 Å². The molecule has 4 aromatic rings. The fourth-order valence-electron chi connectivity index (χ4n) is 3.29. The van der Waals surface area contributed by atoms with Crippen molar-refractivity contribution in [1.82, 2.24) is 4.98 Å². The molecular formula is C24H20N2O. The summed E-state index contributed by atoms with van der Waals surface area (Å²) in [5.74, 6) is -0.0336. The Morgan fingerprint density at radius 1 is 0.778 bits per heavy atom. The van der Waals surface area contributed by atoms with Crippen LogP contribution in [0.25, 0.3) is 10.9 Å². The van der Waals surface area contributed by atoms with Gasteiger partial charge in [0.05, 0.1) is 11.9 Å². The number of carbonyl (C=O) groups excluding carboxylic acids is 1. The van der Waals surface area contributed by atoms with Gasteiger partial charge in [0.15, 0.2) is 0 Å². The van der Waals surface area contributed by atoms with Crippen molar-refractivity contribution in [1.29, 1.82) is 0 Å². The van der Waals surface area contributed by atoms with Gasteiger partial charge in [0.1, 0.15) is 0 Å². The van der Waals surface area contributed by atoms with Crippen LogP contribution in [-0.4, -0.2) is 10.9 Å². The Bertz CT molecular complexity index is 1070. The van der Waals surface area contributed by atoms with Gasteiger partial charge in [0, 0.05) is 17.3 Å². The molecule has 1 aromatic heterocycles. The number of nitrogens with one attached hydrogen (secondary N) is 1. The standard InChI is InChI=1S/C24H20N2O/c27-23(17-21-12-6-11-19-13-7-15-25-24(19)21)26-22-14-5-4-10-20(22)16-18-8-2-1-3-9-18/h1-15H,16-17H2,(H,26,27). The molecule has 0 unspecified atom stereocenters. The smallest absolute Gasteiger partial charge is 0.228 e. The predicted molar refractivity (Wildman–Crippen MR) is 110 cm³/mol. The van der Waals surface area contributed by atoms with E-state index in [1.165, 1.54) is 5.56 Å². The summed E-state index contributed by atoms with van der Waals surface area (Å²) in [6, 6.07) is 28.1. The summed E-state index contributed by atoms with van der Waals surface area (Å²) in [6.45, 7) is 0. The zero-order valence-electron chi connectivity index (χ0n) is 14.9. The topological polar surface area (TPSA) is 42.0 Å². The molecule has 0 saturated carbocycles. The molecule has 3 aromatic carbocycles. The lowest BCUT2D eigenvalue weighted by atomic mass is 10.0. The first-order valence-electron chi connectivity index (χ1n) is 9.04. The van der Waals surface area contributed by atoms with E-state index in [0.717, 1.165) is 34.1 Å². The number of carbonyl (C=O) groups is 1. The van der Waals surface area contributed by atoms with Crippen LogP contribution in [0.5, 0.6) is 0 Å². The highest BCUT2D eigenvalue weighted by Gasteiger charge is 2.10. The molecule has 0 saturated heterocycles. The molecule has 0 aliphatic heterocycles. The van der Waals surface area contributed by atoms with Crippen LogP contribution in [0.4, 0.5) is 5.69 Å². The van der Waals surface area contributed by atoms with Crippen LogP contribution < -0.4 is 5.32 Å². The van der Waals surface area contributed by atoms with Gasteiger partial charge < -0.3 is 5.32 Å². The zero-order valence-corrected chi connectivity index (χ0v) is 14.9. The lowest BCUT2D eigenvalue weighted by Crippen LogP contribution is -2.16. The van der Waals surface area contributed by atoms with Gasteiger partial charge in [-0.2, -0.15) is 0 Å². The van der Waals surface area contributed by atoms with Gasteiger partial charge in [-0.15, -0.1) is 0 Å². The van der Waals surface area contributed by atoms with Crippen molar-refractivity contribution < 1.29 is 4.79 Å². The van der Waals surface area contributed by atoms with Gasteiger partial charge in [0.25, 0.3) is 0 Å². The second-order valence-electron chi connectivity index (χ2n) is 6.54. The van der Waals surface area contributed by atoms with Crippen molar-refractivity contribution >= 4 is 22.5 Å². The second-order valence-corrected chi connectivity index (χ2v) is 6.54. The molecule has 1 N–H and O–H groups in total. The number of anilines is 1. The van der Waals surface area contributed by atoms with E-state index in [4.69, 9.17) is 0 Å². The third kappa shape index (κ3) is 4.04. The van der Waals surface area contributed by atoms with Crippen molar-refractivity contribution in [2.24, 2.45) is 0 Å². The number of hydrogen-bond acceptors (Lipinski definition) is 2. The molecule has 1 heterocycles. The SMILES string of the molecule is O=C(Cc1cccc2cccnc12)Nc1ccccc1Cc1ccccc1. The highest BCUT2D eigenvalue weighted by atomic mass is 16.1. The summed E-state index contributed by atoms with van der Waals surface area (Å²) < 4.78 is 0. The average molecular weight is 352 g/mol. The number of hydrogen-bond donors (Lipinski definition) is 1. The minimum atomic E-state index is -0.0336. The molecule has 0 aliphatic carbocycles. The summed E-state index contributed by atoms with van der Waals surface area (Å²) in [6.07, 6.45) is 2.85. The van der Waals surface area contributed by atoms with E-state index in [2.05, 4.69) is 28.5 Å². The number of rotatable bonds is 5. The van der Waals surface area contributed by atoms with E-state index in [0.29, 0.717) is 6.42 Å². The molecule has 0 bridgehead atoms. The Labute approximate surface area is 158 Å². The Morgan fingerprint density at radius 2 is 1.52 bits per heavy atom. The Hall–Kier alpha value is -3.46. The van der Waals surface area contributed by atoms with Gasteiger partial charge in [-0.1, -0.05) is 72.8 Å². The number of amides is 1. The maximum absolute atomic E-state index is 12.7. The van der Waals surface area contributed by atoms with Gasteiger partial charge in [-0.05, 0) is 35.2 Å². The fraction of sp³-hybridized carbons (Fsp3) is 0.0833. The zero-order chi connectivity index (χ0) is 18.5. The fourth-order valence-corrected chi connectivity index (χ4v) is 3.29. The highest BCUT2D eigenvalue weighted by molar-refractivity contribution is 5.95. The van der Waals surface area contributed by atoms with Crippen molar-refractivity contribution in [3.63, 3.8) is 0 Å². The van der Waals surface area contributed by atoms with Crippen LogP contribution in [0.3, 0.4) is 0 Å². The lowest BCUT2D eigenvalue weighted by molar-refractivity contribution is -0.115. The average Bonchev–Trinajstić information content (AvgIpc) is 2.71. The lowest BCUT2D eigenvalue weighted by Gasteiger charge is -2.12. The maximum atomic E-state index is 12.7. The van der Waals surface area contributed by atoms with E-state index in [9.17, 15) is 4.79 Å². The molecule has 0 atom stereocenters. The first-order valence-corrected chi connectivity index (χ1v) is 9.04. The molecule has 132 valence electrons. The van der Waals surface area contributed by atoms with E-state index in [1.54, 1.807) is 6.20 Å². The van der Waals surface area contributed by atoms with E-state index < -0.39 is 0 Å². The molecule has 3 nitrogen and oxygen atoms in total. The van der Waals surface area contributed by atoms with Crippen LogP contribution in [0.1, 0.15) is 16.7 Å². The van der Waals surface area contributed by atoms with E-state index in [-0.39, 0.29) is 5.91 Å². The molecule has 0 aliphatic rings. The highest BCUT2D eigenvalue weighted by Crippen LogP contribution is 2.21. The van der Waals surface area contributed by atoms with Crippen LogP contribution >= 0.6 is 0 Å². The van der Waals surface area contributed by atoms with Gasteiger partial charge in [-0.3, -0.25) is 9.78 Å². The van der Waals surface area contributed by atoms with Gasteiger partial charge in [0.2, 0.25) is 5.91 Å². The van der Waals surface area contributed by atoms with Crippen LogP contribution in [0, 0.1) is 0 Å². The van der Waals surface area contributed by atoms with Gasteiger partial charge in [-0.25, -0.2) is 0 Å². The molecular weight excluding hydrogens is 332 g/mol. The third-order valence-electron chi connectivity index (χ3n) is 4.60. The number of fused-ring (bicyclic) bond motifs is 1. The largest absolute Gasteiger partial charge is 0.326 e. The minimum Gasteiger partial charge on any atom is -0.326 e. The number of aromatic nitrogens is 1. The monoisotopic (exact) mass is 352 g/mol. The van der Waals surface area contributed by atoms with Gasteiger partial charge >= 0.3 is 0 Å². The molecule has 0 radical (unpaired) electrons. The van der Waals surface area contributed by atoms with Crippen LogP contribution in [0.2, 0.25) is 0 Å². The third-order valence-corrected chi connectivity index (χ3v) is 4.60. The summed E-state index contributed by atoms with van der Waals surface area (Å²) in [7, 11) is 0. The molecule has 1 amide bonds. The first-order chi connectivity index (χ1) is 13.3. The van der Waals surface area contributed by atoms with Crippen molar-refractivity contribution in [3.05, 3.63) is 108 Å². The predicted octanol–water partition coefficient (Wildman–Crippen LogP) is 5.01. The molecule has 4 rings (SSSR count). The molecule has 0 fully saturated rings. The van der Waals surface area contributed by atoms with E-state index in [1.807, 2.05) is 66.7 Å².